The van der Waals surface area contributed by atoms with Crippen LogP contribution in [0.2, 0.25) is 0 Å². The summed E-state index contributed by atoms with van der Waals surface area (Å²) in [6, 6.07) is 31.1. The molecular weight excluding hydrogens is 773 g/mol. The van der Waals surface area contributed by atoms with Crippen molar-refractivity contribution in [2.75, 3.05) is 40.4 Å². The van der Waals surface area contributed by atoms with Gasteiger partial charge in [0.1, 0.15) is 31.0 Å². The number of amides is 4. The Morgan fingerprint density at radius 2 is 0.933 bits per heavy atom. The molecule has 0 radical (unpaired) electrons. The number of carbonyl (C=O) groups is 6. The predicted octanol–water partition coefficient (Wildman–Crippen LogP) is 4.33. The van der Waals surface area contributed by atoms with Crippen molar-refractivity contribution in [2.45, 2.75) is 45.1 Å². The number of nitrogens with zero attached hydrogens (tertiary/aromatic N) is 2. The zero-order valence-corrected chi connectivity index (χ0v) is 33.8. The average molecular weight is 823 g/mol. The lowest BCUT2D eigenvalue weighted by molar-refractivity contribution is -0.157. The Bertz CT molecular complexity index is 1900. The van der Waals surface area contributed by atoms with Gasteiger partial charge in [-0.15, -0.1) is 0 Å². The molecule has 0 aromatic heterocycles. The molecule has 0 bridgehead atoms. The van der Waals surface area contributed by atoms with E-state index in [0.29, 0.717) is 6.42 Å². The highest BCUT2D eigenvalue weighted by Gasteiger charge is 2.40. The van der Waals surface area contributed by atoms with E-state index in [9.17, 15) is 33.9 Å². The molecule has 0 spiro atoms. The number of rotatable bonds is 14. The van der Waals surface area contributed by atoms with Gasteiger partial charge in [-0.25, -0.2) is 9.59 Å². The van der Waals surface area contributed by atoms with Crippen LogP contribution in [0.1, 0.15) is 27.8 Å². The summed E-state index contributed by atoms with van der Waals surface area (Å²) in [6.07, 6.45) is -0.812. The number of hydrogen-bond acceptors (Lipinski definition) is 11. The lowest BCUT2D eigenvalue weighted by Crippen LogP contribution is -2.59. The molecule has 316 valence electrons. The van der Waals surface area contributed by atoms with E-state index >= 15 is 0 Å². The van der Waals surface area contributed by atoms with Crippen LogP contribution in [-0.4, -0.2) is 103 Å². The first-order valence-corrected chi connectivity index (χ1v) is 19.4. The van der Waals surface area contributed by atoms with Gasteiger partial charge >= 0.3 is 24.1 Å². The van der Waals surface area contributed by atoms with Crippen molar-refractivity contribution in [1.29, 1.82) is 0 Å². The van der Waals surface area contributed by atoms with Crippen LogP contribution >= 0.6 is 0 Å². The van der Waals surface area contributed by atoms with Gasteiger partial charge in [0.25, 0.3) is 0 Å². The highest BCUT2D eigenvalue weighted by Crippen LogP contribution is 2.21. The molecule has 2 aliphatic rings. The largest absolute Gasteiger partial charge is 0.508 e. The summed E-state index contributed by atoms with van der Waals surface area (Å²) in [4.78, 5) is 76.8. The van der Waals surface area contributed by atoms with E-state index in [-0.39, 0.29) is 87.2 Å². The Morgan fingerprint density at radius 1 is 0.567 bits per heavy atom. The molecule has 0 unspecified atom stereocenters. The zero-order chi connectivity index (χ0) is 43.0. The summed E-state index contributed by atoms with van der Waals surface area (Å²) >= 11 is 0. The van der Waals surface area contributed by atoms with E-state index in [1.807, 2.05) is 91.9 Å². The van der Waals surface area contributed by atoms with Crippen molar-refractivity contribution in [3.8, 4) is 5.75 Å². The second kappa shape index (κ2) is 21.7. The van der Waals surface area contributed by atoms with E-state index in [0.717, 1.165) is 27.8 Å². The molecule has 2 atom stereocenters. The Labute approximate surface area is 348 Å². The summed E-state index contributed by atoms with van der Waals surface area (Å²) in [5.41, 5.74) is 4.49. The predicted molar refractivity (Wildman–Crippen MR) is 218 cm³/mol. The lowest BCUT2D eigenvalue weighted by Gasteiger charge is -2.39. The van der Waals surface area contributed by atoms with E-state index in [1.165, 1.54) is 31.3 Å². The number of likely N-dealkylation sites (tertiary alicyclic amines) is 2. The molecule has 4 aromatic carbocycles. The minimum Gasteiger partial charge on any atom is -0.508 e. The molecule has 6 rings (SSSR count). The first kappa shape index (κ1) is 44.2. The van der Waals surface area contributed by atoms with Crippen LogP contribution in [0, 0.1) is 18.8 Å². The van der Waals surface area contributed by atoms with Crippen molar-refractivity contribution < 1.29 is 52.8 Å². The highest BCUT2D eigenvalue weighted by atomic mass is 16.6. The summed E-state index contributed by atoms with van der Waals surface area (Å²) in [5.74, 6) is -1.79. The normalized spacial score (nSPS) is 14.4. The molecule has 2 saturated heterocycles. The molecule has 15 heteroatoms. The molecule has 15 nitrogen and oxygen atoms in total. The molecule has 0 saturated carbocycles. The lowest BCUT2D eigenvalue weighted by atomic mass is 9.97. The fraction of sp³-hybridized carbons (Fsp3) is 0.333. The molecule has 2 heterocycles. The van der Waals surface area contributed by atoms with Crippen LogP contribution in [0.3, 0.4) is 0 Å². The Kier molecular flexibility index (Phi) is 16.0. The van der Waals surface area contributed by atoms with Crippen LogP contribution < -0.4 is 10.6 Å². The molecule has 60 heavy (non-hydrogen) atoms. The Balaban J connectivity index is 0.000000228. The molecule has 0 aliphatic carbocycles. The van der Waals surface area contributed by atoms with Crippen LogP contribution in [-0.2, 0) is 64.2 Å². The van der Waals surface area contributed by atoms with Gasteiger partial charge in [-0.3, -0.25) is 19.2 Å². The van der Waals surface area contributed by atoms with E-state index < -0.39 is 24.3 Å². The van der Waals surface area contributed by atoms with Crippen molar-refractivity contribution >= 4 is 35.9 Å². The number of benzene rings is 4. The van der Waals surface area contributed by atoms with Crippen molar-refractivity contribution in [2.24, 2.45) is 11.8 Å². The van der Waals surface area contributed by atoms with Crippen molar-refractivity contribution in [3.05, 3.63) is 137 Å². The zero-order valence-electron chi connectivity index (χ0n) is 33.8. The van der Waals surface area contributed by atoms with E-state index in [1.54, 1.807) is 17.0 Å². The number of ether oxygens (including phenoxy) is 4. The van der Waals surface area contributed by atoms with Gasteiger partial charge in [-0.2, -0.15) is 0 Å². The third kappa shape index (κ3) is 13.1. The number of nitrogens with one attached hydrogen (secondary N) is 2. The molecule has 4 aromatic rings. The summed E-state index contributed by atoms with van der Waals surface area (Å²) in [6.45, 7) is 3.26. The first-order chi connectivity index (χ1) is 28.9. The van der Waals surface area contributed by atoms with E-state index in [2.05, 4.69) is 10.6 Å². The second-order valence-corrected chi connectivity index (χ2v) is 14.5. The smallest absolute Gasteiger partial charge is 0.408 e. The van der Waals surface area contributed by atoms with E-state index in [4.69, 9.17) is 18.9 Å². The molecular formula is C45H50N4O11. The van der Waals surface area contributed by atoms with Crippen LogP contribution in [0.4, 0.5) is 9.59 Å². The monoisotopic (exact) mass is 822 g/mol. The first-order valence-electron chi connectivity index (χ1n) is 19.4. The number of hydrogen-bond donors (Lipinski definition) is 3. The summed E-state index contributed by atoms with van der Waals surface area (Å²) in [5, 5.41) is 14.8. The maximum atomic E-state index is 13.0. The number of esters is 2. The molecule has 3 N–H and O–H groups in total. The van der Waals surface area contributed by atoms with Crippen LogP contribution in [0.25, 0.3) is 0 Å². The van der Waals surface area contributed by atoms with Gasteiger partial charge in [0.15, 0.2) is 0 Å². The number of carbonyl (C=O) groups excluding carboxylic acids is 6. The number of phenols is 1. The van der Waals surface area contributed by atoms with Gasteiger partial charge in [0, 0.05) is 39.0 Å². The molecule has 4 amide bonds. The van der Waals surface area contributed by atoms with Crippen molar-refractivity contribution in [1.82, 2.24) is 20.4 Å². The minimum absolute atomic E-state index is 0.0842. The maximum Gasteiger partial charge on any atom is 0.408 e. The molecule has 2 aliphatic heterocycles. The quantitative estimate of drug-likeness (QED) is 0.121. The summed E-state index contributed by atoms with van der Waals surface area (Å²) < 4.78 is 19.9. The van der Waals surface area contributed by atoms with Crippen molar-refractivity contribution in [3.63, 3.8) is 0 Å². The fourth-order valence-corrected chi connectivity index (χ4v) is 6.43. The Hall–Kier alpha value is -6.90. The third-order valence-electron chi connectivity index (χ3n) is 10.00. The topological polar surface area (TPSA) is 190 Å². The SMILES string of the molecule is COC(=O)C1CN(C(=O)[C@H](Cc2ccc(C)cc2)NC(=O)OCc2ccccc2)C1.COC(=O)C1CN(C(=O)[C@H](Cc2ccc(O)cc2)NC(=O)OCc2ccccc2)C1. The van der Waals surface area contributed by atoms with Crippen LogP contribution in [0.5, 0.6) is 5.75 Å². The maximum absolute atomic E-state index is 13.0. The fourth-order valence-electron chi connectivity index (χ4n) is 6.43. The van der Waals surface area contributed by atoms with Gasteiger partial charge < -0.3 is 44.5 Å². The van der Waals surface area contributed by atoms with Gasteiger partial charge in [-0.05, 0) is 41.3 Å². The number of methoxy groups -OCH3 is 2. The van der Waals surface area contributed by atoms with Crippen LogP contribution in [0.15, 0.2) is 109 Å². The average Bonchev–Trinajstić information content (AvgIpc) is 3.22. The van der Waals surface area contributed by atoms with Gasteiger partial charge in [-0.1, -0.05) is 103 Å². The summed E-state index contributed by atoms with van der Waals surface area (Å²) in [7, 11) is 2.64. The van der Waals surface area contributed by atoms with Gasteiger partial charge in [0.05, 0.1) is 26.1 Å². The highest BCUT2D eigenvalue weighted by molar-refractivity contribution is 5.89. The van der Waals surface area contributed by atoms with Gasteiger partial charge in [0.2, 0.25) is 11.8 Å². The second-order valence-electron chi connectivity index (χ2n) is 14.5. The number of phenolic OH excluding ortho intramolecular Hbond substituents is 1. The number of alkyl carbamates (subject to hydrolysis) is 2. The minimum atomic E-state index is -0.864. The molecule has 2 fully saturated rings. The Morgan fingerprint density at radius 3 is 1.30 bits per heavy atom. The number of aryl methyl sites for hydroxylation is 1. The third-order valence-corrected chi connectivity index (χ3v) is 10.00. The number of aromatic hydroxyl groups is 1. The standard InChI is InChI=1S/C23H26N2O5.C22H24N2O6/c1-16-8-10-17(11-9-16)12-20(21(26)25-13-19(14-25)22(27)29-2)24-23(28)30-15-18-6-4-3-5-7-18;1-29-21(27)17-12-24(13-17)20(26)19(11-15-7-9-18(25)10-8-15)23-22(28)30-14-16-5-3-2-4-6-16/h3-11,19-20H,12-15H2,1-2H3,(H,24,28);2-10,17,19,25H,11-14H2,1H3,(H,23,28)/t20-;19-/m00/s1.